The molecule has 7 nitrogen and oxygen atoms in total. The zero-order valence-electron chi connectivity index (χ0n) is 19.0. The molecule has 0 bridgehead atoms. The monoisotopic (exact) mass is 414 g/mol. The number of Topliss-reactive ketones (excluding diaryl/α,β-unsaturated/α-hetero) is 1. The second-order valence-electron chi connectivity index (χ2n) is 7.13. The lowest BCUT2D eigenvalue weighted by Crippen LogP contribution is -2.35. The van der Waals surface area contributed by atoms with Crippen molar-refractivity contribution in [1.82, 2.24) is 9.55 Å². The van der Waals surface area contributed by atoms with Crippen molar-refractivity contribution in [2.45, 2.75) is 66.0 Å². The van der Waals surface area contributed by atoms with Crippen LogP contribution in [0.4, 0.5) is 11.8 Å². The van der Waals surface area contributed by atoms with Crippen molar-refractivity contribution in [3.8, 4) is 5.75 Å². The number of benzene rings is 1. The Balaban J connectivity index is 0.00000155. The Morgan fingerprint density at radius 1 is 1.17 bits per heavy atom. The molecule has 1 unspecified atom stereocenters. The first kappa shape index (κ1) is 23.4. The predicted octanol–water partition coefficient (Wildman–Crippen LogP) is 4.51. The summed E-state index contributed by atoms with van der Waals surface area (Å²) in [5.74, 6) is 1.44. The number of nitrogens with one attached hydrogen (secondary N) is 1. The summed E-state index contributed by atoms with van der Waals surface area (Å²) in [6.45, 7) is 8.77. The van der Waals surface area contributed by atoms with Crippen LogP contribution >= 0.6 is 0 Å². The first-order valence-electron chi connectivity index (χ1n) is 10.8. The van der Waals surface area contributed by atoms with Crippen molar-refractivity contribution in [1.29, 1.82) is 0 Å². The maximum Gasteiger partial charge on any atom is 0.235 e. The maximum atomic E-state index is 12.7. The second-order valence-corrected chi connectivity index (χ2v) is 7.13. The fraction of sp³-hybridized carbons (Fsp3) is 0.522. The topological polar surface area (TPSA) is 76.5 Å². The predicted molar refractivity (Wildman–Crippen MR) is 121 cm³/mol. The minimum absolute atomic E-state index is 0.122. The molecule has 1 N–H and O–H groups in total. The molecule has 2 heterocycles. The van der Waals surface area contributed by atoms with E-state index in [1.54, 1.807) is 14.2 Å². The second kappa shape index (κ2) is 10.8. The Labute approximate surface area is 179 Å². The Morgan fingerprint density at radius 2 is 1.83 bits per heavy atom. The number of hydrogen-bond donors (Lipinski definition) is 1. The largest absolute Gasteiger partial charge is 0.497 e. The number of rotatable bonds is 8. The lowest BCUT2D eigenvalue weighted by Gasteiger charge is -2.22. The van der Waals surface area contributed by atoms with Gasteiger partial charge in [0.15, 0.2) is 11.6 Å². The van der Waals surface area contributed by atoms with Gasteiger partial charge in [0.05, 0.1) is 20.1 Å². The van der Waals surface area contributed by atoms with Gasteiger partial charge in [-0.15, -0.1) is 0 Å². The summed E-state index contributed by atoms with van der Waals surface area (Å²) < 4.78 is 7.13. The van der Waals surface area contributed by atoms with Gasteiger partial charge in [-0.3, -0.25) is 14.5 Å². The number of imidazole rings is 1. The summed E-state index contributed by atoms with van der Waals surface area (Å²) >= 11 is 0. The van der Waals surface area contributed by atoms with E-state index in [4.69, 9.17) is 4.74 Å². The highest BCUT2D eigenvalue weighted by molar-refractivity contribution is 6.18. The number of ketones is 1. The van der Waals surface area contributed by atoms with Gasteiger partial charge < -0.3 is 14.6 Å². The average Bonchev–Trinajstić information content (AvgIpc) is 3.12. The van der Waals surface area contributed by atoms with Crippen LogP contribution in [0.2, 0.25) is 0 Å². The minimum atomic E-state index is -0.223. The number of anilines is 2. The van der Waals surface area contributed by atoms with E-state index in [1.165, 1.54) is 4.90 Å². The number of nitrogens with zero attached hydrogens (tertiary/aromatic N) is 3. The van der Waals surface area contributed by atoms with Crippen molar-refractivity contribution in [3.63, 3.8) is 0 Å². The normalized spacial score (nSPS) is 14.0. The fourth-order valence-corrected chi connectivity index (χ4v) is 3.49. The molecule has 1 atom stereocenters. The molecule has 30 heavy (non-hydrogen) atoms. The lowest BCUT2D eigenvalue weighted by molar-refractivity contribution is -0.117. The van der Waals surface area contributed by atoms with Crippen LogP contribution in [0, 0.1) is 0 Å². The summed E-state index contributed by atoms with van der Waals surface area (Å²) in [5.41, 5.74) is 1.52. The van der Waals surface area contributed by atoms with Gasteiger partial charge in [-0.05, 0) is 30.5 Å². The number of hydrogen-bond acceptors (Lipinski definition) is 5. The highest BCUT2D eigenvalue weighted by Gasteiger charge is 2.34. The standard InChI is InChI=1S/C21H28N4O3.C2H6/c1-5-7-15(6-2)22-21-23-20-19(17(26)12-18(27)24(20)3)25(21)13-14-8-10-16(28-4)11-9-14;1-2/h8-11,15H,5-7,12-13H2,1-4H3,(H,22,23);1-2H3. The van der Waals surface area contributed by atoms with Crippen molar-refractivity contribution in [3.05, 3.63) is 35.5 Å². The molecule has 0 radical (unpaired) electrons. The number of carbonyl (C=O) groups is 2. The molecule has 1 aliphatic heterocycles. The van der Waals surface area contributed by atoms with Gasteiger partial charge in [0.25, 0.3) is 0 Å². The lowest BCUT2D eigenvalue weighted by atomic mass is 10.1. The van der Waals surface area contributed by atoms with E-state index in [0.717, 1.165) is 30.6 Å². The number of amides is 1. The van der Waals surface area contributed by atoms with Gasteiger partial charge in [0.1, 0.15) is 11.4 Å². The van der Waals surface area contributed by atoms with Crippen LogP contribution in [0.25, 0.3) is 0 Å². The maximum absolute atomic E-state index is 12.7. The molecule has 0 saturated heterocycles. The highest BCUT2D eigenvalue weighted by atomic mass is 16.5. The van der Waals surface area contributed by atoms with Crippen molar-refractivity contribution >= 4 is 23.5 Å². The van der Waals surface area contributed by atoms with Gasteiger partial charge in [0.2, 0.25) is 11.9 Å². The van der Waals surface area contributed by atoms with Crippen molar-refractivity contribution in [2.24, 2.45) is 0 Å². The summed E-state index contributed by atoms with van der Waals surface area (Å²) in [4.78, 5) is 30.9. The zero-order chi connectivity index (χ0) is 22.3. The van der Waals surface area contributed by atoms with Crippen LogP contribution in [0.1, 0.15) is 69.4 Å². The number of ether oxygens (including phenoxy) is 1. The van der Waals surface area contributed by atoms with Crippen molar-refractivity contribution < 1.29 is 14.3 Å². The van der Waals surface area contributed by atoms with Gasteiger partial charge in [0, 0.05) is 13.1 Å². The third-order valence-electron chi connectivity index (χ3n) is 5.18. The van der Waals surface area contributed by atoms with Crippen molar-refractivity contribution in [2.75, 3.05) is 24.4 Å². The highest BCUT2D eigenvalue weighted by Crippen LogP contribution is 2.31. The third kappa shape index (κ3) is 5.01. The van der Waals surface area contributed by atoms with E-state index < -0.39 is 0 Å². The quantitative estimate of drug-likeness (QED) is 0.643. The van der Waals surface area contributed by atoms with E-state index in [-0.39, 0.29) is 24.2 Å². The molecule has 1 aromatic heterocycles. The van der Waals surface area contributed by atoms with Gasteiger partial charge >= 0.3 is 0 Å². The van der Waals surface area contributed by atoms with Gasteiger partial charge in [-0.1, -0.05) is 46.2 Å². The first-order valence-corrected chi connectivity index (χ1v) is 10.8. The van der Waals surface area contributed by atoms with Crippen LogP contribution in [-0.4, -0.2) is 41.4 Å². The molecule has 7 heteroatoms. The Hall–Kier alpha value is -2.83. The Kier molecular flexibility index (Phi) is 8.45. The SMILES string of the molecule is CC.CCCC(CC)Nc1nc2c(n1Cc1ccc(OC)cc1)C(=O)CC(=O)N2C. The van der Waals surface area contributed by atoms with E-state index >= 15 is 0 Å². The minimum Gasteiger partial charge on any atom is -0.497 e. The molecule has 164 valence electrons. The van der Waals surface area contributed by atoms with E-state index in [2.05, 4.69) is 24.1 Å². The summed E-state index contributed by atoms with van der Waals surface area (Å²) in [6, 6.07) is 8.01. The summed E-state index contributed by atoms with van der Waals surface area (Å²) in [5, 5.41) is 3.49. The zero-order valence-corrected chi connectivity index (χ0v) is 19.0. The first-order chi connectivity index (χ1) is 14.5. The van der Waals surface area contributed by atoms with Crippen LogP contribution < -0.4 is 15.0 Å². The molecular weight excluding hydrogens is 380 g/mol. The third-order valence-corrected chi connectivity index (χ3v) is 5.18. The Bertz CT molecular complexity index is 858. The van der Waals surface area contributed by atoms with Gasteiger partial charge in [-0.25, -0.2) is 0 Å². The molecule has 1 aromatic carbocycles. The molecule has 1 amide bonds. The number of aromatic nitrogens is 2. The van der Waals surface area contributed by atoms with E-state index in [9.17, 15) is 9.59 Å². The molecule has 3 rings (SSSR count). The fourth-order valence-electron chi connectivity index (χ4n) is 3.49. The molecule has 0 spiro atoms. The molecule has 2 aromatic rings. The van der Waals surface area contributed by atoms with Crippen LogP contribution in [0.15, 0.2) is 24.3 Å². The van der Waals surface area contributed by atoms with E-state index in [1.807, 2.05) is 42.7 Å². The average molecular weight is 415 g/mol. The smallest absolute Gasteiger partial charge is 0.235 e. The molecule has 0 fully saturated rings. The van der Waals surface area contributed by atoms with Crippen LogP contribution in [-0.2, 0) is 11.3 Å². The number of fused-ring (bicyclic) bond motifs is 1. The summed E-state index contributed by atoms with van der Waals surface area (Å²) in [7, 11) is 3.30. The number of carbonyl (C=O) groups excluding carboxylic acids is 2. The number of methoxy groups -OCH3 is 1. The molecular formula is C23H34N4O3. The molecule has 0 aliphatic carbocycles. The Morgan fingerprint density at radius 3 is 2.40 bits per heavy atom. The van der Waals surface area contributed by atoms with E-state index in [0.29, 0.717) is 24.0 Å². The van der Waals surface area contributed by atoms with Gasteiger partial charge in [-0.2, -0.15) is 4.98 Å². The van der Waals surface area contributed by atoms with Crippen LogP contribution in [0.5, 0.6) is 5.75 Å². The molecule has 1 aliphatic rings. The van der Waals surface area contributed by atoms with Crippen LogP contribution in [0.3, 0.4) is 0 Å². The summed E-state index contributed by atoms with van der Waals surface area (Å²) in [6.07, 6.45) is 2.90. The molecule has 0 saturated carbocycles.